The van der Waals surface area contributed by atoms with Crippen molar-refractivity contribution in [2.24, 2.45) is 0 Å². The normalized spacial score (nSPS) is 11.8. The molecule has 0 amide bonds. The summed E-state index contributed by atoms with van der Waals surface area (Å²) in [5.41, 5.74) is 1.88. The fourth-order valence-corrected chi connectivity index (χ4v) is 1.89. The number of hydrogen-bond donors (Lipinski definition) is 2. The molecule has 0 saturated carbocycles. The predicted octanol–water partition coefficient (Wildman–Crippen LogP) is 2.61. The van der Waals surface area contributed by atoms with E-state index in [9.17, 15) is 15.2 Å². The van der Waals surface area contributed by atoms with E-state index in [2.05, 4.69) is 5.32 Å². The average Bonchev–Trinajstić information content (AvgIpc) is 2.46. The highest BCUT2D eigenvalue weighted by molar-refractivity contribution is 5.48. The van der Waals surface area contributed by atoms with Crippen LogP contribution in [0.25, 0.3) is 0 Å². The minimum absolute atomic E-state index is 0.0559. The Morgan fingerprint density at radius 3 is 2.35 bits per heavy atom. The lowest BCUT2D eigenvalue weighted by Crippen LogP contribution is -2.21. The second kappa shape index (κ2) is 6.68. The Bertz CT molecular complexity index is 555. The Balaban J connectivity index is 1.84. The maximum absolute atomic E-state index is 10.5. The molecule has 1 atom stereocenters. The number of non-ortho nitro benzene ring substituents is 1. The first-order chi connectivity index (χ1) is 9.65. The Morgan fingerprint density at radius 1 is 1.10 bits per heavy atom. The number of anilines is 1. The molecule has 2 rings (SSSR count). The summed E-state index contributed by atoms with van der Waals surface area (Å²) in [6.07, 6.45) is 0.0634. The largest absolute Gasteiger partial charge is 0.391 e. The molecule has 0 saturated heterocycles. The van der Waals surface area contributed by atoms with Gasteiger partial charge in [-0.05, 0) is 17.7 Å². The van der Waals surface area contributed by atoms with Crippen LogP contribution in [-0.2, 0) is 6.42 Å². The highest BCUT2D eigenvalue weighted by Crippen LogP contribution is 2.15. The molecule has 0 aliphatic carbocycles. The molecule has 0 heterocycles. The molecule has 104 valence electrons. The van der Waals surface area contributed by atoms with Crippen LogP contribution in [0.4, 0.5) is 11.4 Å². The summed E-state index contributed by atoms with van der Waals surface area (Å²) < 4.78 is 0. The summed E-state index contributed by atoms with van der Waals surface area (Å²) >= 11 is 0. The van der Waals surface area contributed by atoms with Crippen LogP contribution in [-0.4, -0.2) is 22.7 Å². The van der Waals surface area contributed by atoms with Gasteiger partial charge in [-0.1, -0.05) is 30.3 Å². The SMILES string of the molecule is O=[N+]([O-])c1ccc(NCC(O)Cc2ccccc2)cc1. The van der Waals surface area contributed by atoms with E-state index in [1.165, 1.54) is 12.1 Å². The number of nitrogens with zero attached hydrogens (tertiary/aromatic N) is 1. The minimum atomic E-state index is -0.507. The monoisotopic (exact) mass is 272 g/mol. The van der Waals surface area contributed by atoms with Gasteiger partial charge in [0.2, 0.25) is 0 Å². The Morgan fingerprint density at radius 2 is 1.75 bits per heavy atom. The van der Waals surface area contributed by atoms with Gasteiger partial charge in [-0.15, -0.1) is 0 Å². The predicted molar refractivity (Wildman–Crippen MR) is 77.7 cm³/mol. The molecule has 2 aromatic rings. The standard InChI is InChI=1S/C15H16N2O3/c18-15(10-12-4-2-1-3-5-12)11-16-13-6-8-14(9-7-13)17(19)20/h1-9,15-16,18H,10-11H2. The number of benzene rings is 2. The highest BCUT2D eigenvalue weighted by Gasteiger charge is 2.07. The van der Waals surface area contributed by atoms with Crippen molar-refractivity contribution in [2.75, 3.05) is 11.9 Å². The molecule has 0 fully saturated rings. The van der Waals surface area contributed by atoms with Crippen molar-refractivity contribution in [3.05, 3.63) is 70.3 Å². The molecule has 5 nitrogen and oxygen atoms in total. The summed E-state index contributed by atoms with van der Waals surface area (Å²) in [6.45, 7) is 0.396. The second-order valence-electron chi connectivity index (χ2n) is 4.53. The van der Waals surface area contributed by atoms with Crippen LogP contribution in [0.5, 0.6) is 0 Å². The molecule has 1 unspecified atom stereocenters. The van der Waals surface area contributed by atoms with Gasteiger partial charge in [0.15, 0.2) is 0 Å². The molecule has 0 radical (unpaired) electrons. The summed E-state index contributed by atoms with van der Waals surface area (Å²) in [6, 6.07) is 15.9. The number of nitro benzene ring substituents is 1. The second-order valence-corrected chi connectivity index (χ2v) is 4.53. The van der Waals surface area contributed by atoms with Gasteiger partial charge in [0, 0.05) is 30.8 Å². The van der Waals surface area contributed by atoms with Crippen LogP contribution >= 0.6 is 0 Å². The summed E-state index contributed by atoms with van der Waals surface area (Å²) in [5.74, 6) is 0. The van der Waals surface area contributed by atoms with Crippen LogP contribution in [0.1, 0.15) is 5.56 Å². The lowest BCUT2D eigenvalue weighted by Gasteiger charge is -2.12. The molecule has 5 heteroatoms. The Labute approximate surface area is 117 Å². The van der Waals surface area contributed by atoms with Gasteiger partial charge in [0.05, 0.1) is 11.0 Å². The first-order valence-corrected chi connectivity index (χ1v) is 6.35. The third-order valence-electron chi connectivity index (χ3n) is 2.93. The van der Waals surface area contributed by atoms with Crippen molar-refractivity contribution in [3.63, 3.8) is 0 Å². The van der Waals surface area contributed by atoms with E-state index in [-0.39, 0.29) is 5.69 Å². The Hall–Kier alpha value is -2.40. The van der Waals surface area contributed by atoms with Gasteiger partial charge < -0.3 is 10.4 Å². The summed E-state index contributed by atoms with van der Waals surface area (Å²) in [7, 11) is 0. The average molecular weight is 272 g/mol. The van der Waals surface area contributed by atoms with Crippen molar-refractivity contribution >= 4 is 11.4 Å². The van der Waals surface area contributed by atoms with E-state index in [1.54, 1.807) is 12.1 Å². The maximum Gasteiger partial charge on any atom is 0.269 e. The van der Waals surface area contributed by atoms with E-state index in [0.29, 0.717) is 13.0 Å². The zero-order valence-electron chi connectivity index (χ0n) is 10.9. The molecule has 20 heavy (non-hydrogen) atoms. The number of rotatable bonds is 6. The number of aliphatic hydroxyl groups excluding tert-OH is 1. The van der Waals surface area contributed by atoms with Crippen molar-refractivity contribution < 1.29 is 10.0 Å². The van der Waals surface area contributed by atoms with Crippen molar-refractivity contribution in [1.82, 2.24) is 0 Å². The van der Waals surface area contributed by atoms with E-state index in [1.807, 2.05) is 30.3 Å². The molecule has 0 aromatic heterocycles. The first kappa shape index (κ1) is 14.0. The van der Waals surface area contributed by atoms with Gasteiger partial charge in [-0.2, -0.15) is 0 Å². The molecule has 2 aromatic carbocycles. The number of aliphatic hydroxyl groups is 1. The fraction of sp³-hybridized carbons (Fsp3) is 0.200. The van der Waals surface area contributed by atoms with Crippen LogP contribution in [0.2, 0.25) is 0 Å². The smallest absolute Gasteiger partial charge is 0.269 e. The van der Waals surface area contributed by atoms with Gasteiger partial charge in [0.1, 0.15) is 0 Å². The Kier molecular flexibility index (Phi) is 4.68. The van der Waals surface area contributed by atoms with Gasteiger partial charge >= 0.3 is 0 Å². The molecule has 0 spiro atoms. The lowest BCUT2D eigenvalue weighted by atomic mass is 10.1. The van der Waals surface area contributed by atoms with Crippen molar-refractivity contribution in [3.8, 4) is 0 Å². The number of hydrogen-bond acceptors (Lipinski definition) is 4. The minimum Gasteiger partial charge on any atom is -0.391 e. The molecular weight excluding hydrogens is 256 g/mol. The third-order valence-corrected chi connectivity index (χ3v) is 2.93. The van der Waals surface area contributed by atoms with Crippen LogP contribution in [0.15, 0.2) is 54.6 Å². The molecule has 0 aliphatic rings. The van der Waals surface area contributed by atoms with Crippen molar-refractivity contribution in [1.29, 1.82) is 0 Å². The van der Waals surface area contributed by atoms with Crippen LogP contribution < -0.4 is 5.32 Å². The van der Waals surface area contributed by atoms with Crippen LogP contribution in [0.3, 0.4) is 0 Å². The molecule has 0 aliphatic heterocycles. The van der Waals surface area contributed by atoms with E-state index < -0.39 is 11.0 Å². The molecule has 2 N–H and O–H groups in total. The fourth-order valence-electron chi connectivity index (χ4n) is 1.89. The van der Waals surface area contributed by atoms with Gasteiger partial charge in [-0.3, -0.25) is 10.1 Å². The zero-order valence-corrected chi connectivity index (χ0v) is 10.9. The van der Waals surface area contributed by atoms with Crippen molar-refractivity contribution in [2.45, 2.75) is 12.5 Å². The first-order valence-electron chi connectivity index (χ1n) is 6.35. The number of nitrogens with one attached hydrogen (secondary N) is 1. The van der Waals surface area contributed by atoms with Gasteiger partial charge in [0.25, 0.3) is 5.69 Å². The van der Waals surface area contributed by atoms with E-state index >= 15 is 0 Å². The summed E-state index contributed by atoms with van der Waals surface area (Å²) in [4.78, 5) is 10.1. The maximum atomic E-state index is 10.5. The van der Waals surface area contributed by atoms with Crippen LogP contribution in [0, 0.1) is 10.1 Å². The third kappa shape index (κ3) is 4.07. The topological polar surface area (TPSA) is 75.4 Å². The highest BCUT2D eigenvalue weighted by atomic mass is 16.6. The van der Waals surface area contributed by atoms with E-state index in [0.717, 1.165) is 11.3 Å². The molecular formula is C15H16N2O3. The summed E-state index contributed by atoms with van der Waals surface area (Å²) in [5, 5.41) is 23.5. The zero-order chi connectivity index (χ0) is 14.4. The molecule has 0 bridgehead atoms. The number of nitro groups is 1. The lowest BCUT2D eigenvalue weighted by molar-refractivity contribution is -0.384. The van der Waals surface area contributed by atoms with Gasteiger partial charge in [-0.25, -0.2) is 0 Å². The van der Waals surface area contributed by atoms with E-state index in [4.69, 9.17) is 0 Å². The quantitative estimate of drug-likeness (QED) is 0.626.